The van der Waals surface area contributed by atoms with Crippen LogP contribution in [0.5, 0.6) is 0 Å². The SMILES string of the molecule is Fc1ccc(Cn2ccc3ncnc-3c2)cc1. The summed E-state index contributed by atoms with van der Waals surface area (Å²) in [5, 5.41) is 0. The van der Waals surface area contributed by atoms with Gasteiger partial charge in [0.2, 0.25) is 0 Å². The first-order valence-corrected chi connectivity index (χ1v) is 5.32. The van der Waals surface area contributed by atoms with Gasteiger partial charge in [0, 0.05) is 18.9 Å². The lowest BCUT2D eigenvalue weighted by Crippen LogP contribution is -2.00. The molecular weight excluding hydrogens is 217 g/mol. The Labute approximate surface area is 97.9 Å². The maximum Gasteiger partial charge on any atom is 0.123 e. The average Bonchev–Trinajstić information content (AvgIpc) is 2.79. The van der Waals surface area contributed by atoms with Crippen LogP contribution in [0.4, 0.5) is 4.39 Å². The van der Waals surface area contributed by atoms with Crippen LogP contribution in [-0.4, -0.2) is 14.5 Å². The van der Waals surface area contributed by atoms with E-state index in [1.807, 2.05) is 23.0 Å². The molecule has 84 valence electrons. The van der Waals surface area contributed by atoms with Crippen LogP contribution in [0.15, 0.2) is 49.1 Å². The lowest BCUT2D eigenvalue weighted by atomic mass is 10.2. The number of pyridine rings is 1. The number of hydrogen-bond donors (Lipinski definition) is 0. The van der Waals surface area contributed by atoms with E-state index in [1.54, 1.807) is 18.5 Å². The van der Waals surface area contributed by atoms with Crippen LogP contribution < -0.4 is 0 Å². The molecule has 1 aromatic carbocycles. The van der Waals surface area contributed by atoms with Crippen LogP contribution in [0, 0.1) is 5.82 Å². The predicted octanol–water partition coefficient (Wildman–Crippen LogP) is 2.57. The van der Waals surface area contributed by atoms with Crippen molar-refractivity contribution < 1.29 is 4.39 Å². The molecule has 0 fully saturated rings. The Morgan fingerprint density at radius 3 is 2.59 bits per heavy atom. The Morgan fingerprint density at radius 2 is 1.76 bits per heavy atom. The zero-order valence-electron chi connectivity index (χ0n) is 9.05. The second-order valence-electron chi connectivity index (χ2n) is 3.89. The minimum Gasteiger partial charge on any atom is -0.348 e. The molecule has 0 spiro atoms. The van der Waals surface area contributed by atoms with E-state index in [2.05, 4.69) is 9.97 Å². The fraction of sp³-hybridized carbons (Fsp3) is 0.0769. The Kier molecular flexibility index (Phi) is 2.33. The molecule has 3 rings (SSSR count). The molecule has 0 amide bonds. The zero-order chi connectivity index (χ0) is 11.7. The van der Waals surface area contributed by atoms with Gasteiger partial charge in [0.05, 0.1) is 5.69 Å². The number of hydrogen-bond acceptors (Lipinski definition) is 2. The number of nitrogens with zero attached hydrogens (tertiary/aromatic N) is 3. The van der Waals surface area contributed by atoms with Gasteiger partial charge in [0.1, 0.15) is 17.8 Å². The molecule has 0 unspecified atom stereocenters. The summed E-state index contributed by atoms with van der Waals surface area (Å²) in [6.45, 7) is 0.698. The Hall–Kier alpha value is -2.23. The highest BCUT2D eigenvalue weighted by molar-refractivity contribution is 5.53. The quantitative estimate of drug-likeness (QED) is 0.673. The summed E-state index contributed by atoms with van der Waals surface area (Å²) in [5.41, 5.74) is 2.81. The topological polar surface area (TPSA) is 30.7 Å². The zero-order valence-corrected chi connectivity index (χ0v) is 9.05. The number of rotatable bonds is 2. The van der Waals surface area contributed by atoms with Gasteiger partial charge in [-0.25, -0.2) is 14.4 Å². The molecule has 2 heterocycles. The molecule has 0 N–H and O–H groups in total. The van der Waals surface area contributed by atoms with Gasteiger partial charge in [-0.2, -0.15) is 0 Å². The normalized spacial score (nSPS) is 10.9. The summed E-state index contributed by atoms with van der Waals surface area (Å²) in [6.07, 6.45) is 5.43. The molecule has 0 radical (unpaired) electrons. The highest BCUT2D eigenvalue weighted by Gasteiger charge is 2.05. The highest BCUT2D eigenvalue weighted by atomic mass is 19.1. The van der Waals surface area contributed by atoms with E-state index in [0.29, 0.717) is 6.54 Å². The van der Waals surface area contributed by atoms with E-state index in [-0.39, 0.29) is 5.82 Å². The molecule has 0 saturated heterocycles. The number of fused-ring (bicyclic) bond motifs is 1. The standard InChI is InChI=1S/C13H10FN3/c14-11-3-1-10(2-4-11)7-17-6-5-12-13(8-17)16-9-15-12/h1-6,8-9H,7H2. The van der Waals surface area contributed by atoms with Crippen molar-refractivity contribution in [1.29, 1.82) is 0 Å². The number of benzene rings is 1. The van der Waals surface area contributed by atoms with Crippen LogP contribution in [0.3, 0.4) is 0 Å². The Balaban J connectivity index is 1.90. The van der Waals surface area contributed by atoms with E-state index in [9.17, 15) is 4.39 Å². The largest absolute Gasteiger partial charge is 0.348 e. The summed E-state index contributed by atoms with van der Waals surface area (Å²) in [7, 11) is 0. The maximum atomic E-state index is 12.8. The summed E-state index contributed by atoms with van der Waals surface area (Å²) >= 11 is 0. The van der Waals surface area contributed by atoms with Crippen LogP contribution in [0.25, 0.3) is 11.4 Å². The van der Waals surface area contributed by atoms with Gasteiger partial charge >= 0.3 is 0 Å². The molecule has 17 heavy (non-hydrogen) atoms. The molecule has 3 nitrogen and oxygen atoms in total. The van der Waals surface area contributed by atoms with Crippen molar-refractivity contribution in [2.75, 3.05) is 0 Å². The third-order valence-corrected chi connectivity index (χ3v) is 2.65. The highest BCUT2D eigenvalue weighted by Crippen LogP contribution is 2.16. The van der Waals surface area contributed by atoms with E-state index >= 15 is 0 Å². The van der Waals surface area contributed by atoms with Gasteiger partial charge in [-0.3, -0.25) is 0 Å². The third kappa shape index (κ3) is 2.01. The third-order valence-electron chi connectivity index (χ3n) is 2.65. The molecule has 1 aromatic rings. The first kappa shape index (κ1) is 9.96. The Bertz CT molecular complexity index is 600. The monoisotopic (exact) mass is 227 g/mol. The molecule has 2 aliphatic heterocycles. The van der Waals surface area contributed by atoms with Gasteiger partial charge < -0.3 is 4.57 Å². The fourth-order valence-corrected chi connectivity index (χ4v) is 1.78. The van der Waals surface area contributed by atoms with Crippen LogP contribution in [-0.2, 0) is 6.54 Å². The van der Waals surface area contributed by atoms with Crippen molar-refractivity contribution in [2.24, 2.45) is 0 Å². The van der Waals surface area contributed by atoms with Gasteiger partial charge in [-0.1, -0.05) is 12.1 Å². The summed E-state index contributed by atoms with van der Waals surface area (Å²) < 4.78 is 14.8. The van der Waals surface area contributed by atoms with Crippen molar-refractivity contribution in [3.05, 3.63) is 60.4 Å². The first-order chi connectivity index (χ1) is 8.31. The molecule has 0 aliphatic carbocycles. The maximum absolute atomic E-state index is 12.8. The van der Waals surface area contributed by atoms with Gasteiger partial charge in [-0.05, 0) is 23.8 Å². The van der Waals surface area contributed by atoms with E-state index < -0.39 is 0 Å². The summed E-state index contributed by atoms with van der Waals surface area (Å²) in [5.74, 6) is -0.212. The average molecular weight is 227 g/mol. The second-order valence-corrected chi connectivity index (χ2v) is 3.89. The number of aromatic nitrogens is 3. The molecular formula is C13H10FN3. The minimum atomic E-state index is -0.212. The molecule has 0 atom stereocenters. The van der Waals surface area contributed by atoms with Gasteiger partial charge in [0.25, 0.3) is 0 Å². The molecule has 0 aromatic heterocycles. The van der Waals surface area contributed by atoms with Crippen molar-refractivity contribution in [2.45, 2.75) is 6.54 Å². The lowest BCUT2D eigenvalue weighted by molar-refractivity contribution is 0.626. The molecule has 0 saturated carbocycles. The van der Waals surface area contributed by atoms with Crippen LogP contribution in [0.2, 0.25) is 0 Å². The molecule has 2 aliphatic rings. The van der Waals surface area contributed by atoms with E-state index in [0.717, 1.165) is 17.0 Å². The van der Waals surface area contributed by atoms with Crippen molar-refractivity contribution >= 4 is 0 Å². The van der Waals surface area contributed by atoms with E-state index in [1.165, 1.54) is 12.1 Å². The fourth-order valence-electron chi connectivity index (χ4n) is 1.78. The Morgan fingerprint density at radius 1 is 1.00 bits per heavy atom. The van der Waals surface area contributed by atoms with Crippen LogP contribution >= 0.6 is 0 Å². The minimum absolute atomic E-state index is 0.212. The smallest absolute Gasteiger partial charge is 0.123 e. The molecule has 4 heteroatoms. The van der Waals surface area contributed by atoms with Gasteiger partial charge in [0.15, 0.2) is 0 Å². The molecule has 0 bridgehead atoms. The second kappa shape index (κ2) is 3.97. The predicted molar refractivity (Wildman–Crippen MR) is 62.1 cm³/mol. The van der Waals surface area contributed by atoms with Crippen molar-refractivity contribution in [3.63, 3.8) is 0 Å². The first-order valence-electron chi connectivity index (χ1n) is 5.32. The summed E-state index contributed by atoms with van der Waals surface area (Å²) in [4.78, 5) is 8.25. The van der Waals surface area contributed by atoms with E-state index in [4.69, 9.17) is 0 Å². The number of halogens is 1. The van der Waals surface area contributed by atoms with Crippen molar-refractivity contribution in [3.8, 4) is 11.4 Å². The van der Waals surface area contributed by atoms with Crippen LogP contribution in [0.1, 0.15) is 5.56 Å². The summed E-state index contributed by atoms with van der Waals surface area (Å²) in [6, 6.07) is 8.42. The number of imidazole rings is 1. The lowest BCUT2D eigenvalue weighted by Gasteiger charge is -2.08. The van der Waals surface area contributed by atoms with Gasteiger partial charge in [-0.15, -0.1) is 0 Å². The van der Waals surface area contributed by atoms with Crippen molar-refractivity contribution in [1.82, 2.24) is 14.5 Å².